The predicted molar refractivity (Wildman–Crippen MR) is 128 cm³/mol. The van der Waals surface area contributed by atoms with Gasteiger partial charge in [-0.3, -0.25) is 9.59 Å². The van der Waals surface area contributed by atoms with Gasteiger partial charge in [-0.25, -0.2) is 0 Å². The highest BCUT2D eigenvalue weighted by Gasteiger charge is 2.15. The van der Waals surface area contributed by atoms with E-state index in [9.17, 15) is 9.59 Å². The van der Waals surface area contributed by atoms with E-state index in [-0.39, 0.29) is 11.7 Å². The fourth-order valence-electron chi connectivity index (χ4n) is 3.08. The Bertz CT molecular complexity index is 1130. The van der Waals surface area contributed by atoms with Gasteiger partial charge in [0.2, 0.25) is 5.91 Å². The average Bonchev–Trinajstić information content (AvgIpc) is 2.81. The van der Waals surface area contributed by atoms with Crippen LogP contribution in [0.3, 0.4) is 0 Å². The Kier molecular flexibility index (Phi) is 8.06. The largest absolute Gasteiger partial charge is 0.490 e. The summed E-state index contributed by atoms with van der Waals surface area (Å²) >= 11 is 6.10. The van der Waals surface area contributed by atoms with Crippen molar-refractivity contribution >= 4 is 35.1 Å². The first-order valence-corrected chi connectivity index (χ1v) is 10.7. The molecule has 0 saturated heterocycles. The van der Waals surface area contributed by atoms with Gasteiger partial charge in [0, 0.05) is 22.2 Å². The van der Waals surface area contributed by atoms with Crippen LogP contribution in [0.25, 0.3) is 6.08 Å². The Morgan fingerprint density at radius 1 is 0.906 bits per heavy atom. The van der Waals surface area contributed by atoms with Crippen molar-refractivity contribution < 1.29 is 19.1 Å². The number of nitrogens with one attached hydrogen (secondary N) is 1. The highest BCUT2D eigenvalue weighted by atomic mass is 35.5. The molecule has 1 N–H and O–H groups in total. The van der Waals surface area contributed by atoms with Gasteiger partial charge in [0.1, 0.15) is 0 Å². The molecule has 0 spiro atoms. The van der Waals surface area contributed by atoms with E-state index in [1.54, 1.807) is 48.5 Å². The molecule has 0 aromatic heterocycles. The molecule has 0 unspecified atom stereocenters. The van der Waals surface area contributed by atoms with Crippen molar-refractivity contribution in [3.05, 3.63) is 94.5 Å². The van der Waals surface area contributed by atoms with E-state index in [4.69, 9.17) is 21.1 Å². The van der Waals surface area contributed by atoms with Crippen LogP contribution < -0.4 is 14.8 Å². The molecule has 164 valence electrons. The number of ether oxygens (including phenoxy) is 2. The number of halogens is 1. The second kappa shape index (κ2) is 11.2. The van der Waals surface area contributed by atoms with E-state index < -0.39 is 0 Å². The third-order valence-electron chi connectivity index (χ3n) is 4.51. The van der Waals surface area contributed by atoms with Crippen molar-refractivity contribution in [2.45, 2.75) is 13.8 Å². The third-order valence-corrected chi connectivity index (χ3v) is 4.75. The summed E-state index contributed by atoms with van der Waals surface area (Å²) in [5.74, 6) is 0.674. The number of hydrogen-bond donors (Lipinski definition) is 1. The van der Waals surface area contributed by atoms with Crippen LogP contribution in [0.4, 0.5) is 5.69 Å². The molecule has 0 aliphatic rings. The van der Waals surface area contributed by atoms with Gasteiger partial charge in [-0.2, -0.15) is 0 Å². The SMILES string of the molecule is CCOc1ccc(/C=C/C(=O)Nc2ccc(Cl)cc2C(=O)c2ccccc2)cc1OCC. The smallest absolute Gasteiger partial charge is 0.248 e. The maximum Gasteiger partial charge on any atom is 0.248 e. The Hall–Kier alpha value is -3.57. The quantitative estimate of drug-likeness (QED) is 0.320. The molecule has 0 heterocycles. The lowest BCUT2D eigenvalue weighted by Gasteiger charge is -2.11. The summed E-state index contributed by atoms with van der Waals surface area (Å²) in [7, 11) is 0. The van der Waals surface area contributed by atoms with Crippen molar-refractivity contribution in [3.8, 4) is 11.5 Å². The minimum atomic E-state index is -0.374. The molecule has 3 rings (SSSR count). The molecule has 3 aromatic rings. The lowest BCUT2D eigenvalue weighted by Crippen LogP contribution is -2.12. The highest BCUT2D eigenvalue weighted by Crippen LogP contribution is 2.29. The van der Waals surface area contributed by atoms with Gasteiger partial charge in [-0.15, -0.1) is 0 Å². The Morgan fingerprint density at radius 3 is 2.34 bits per heavy atom. The van der Waals surface area contributed by atoms with Crippen molar-refractivity contribution in [3.63, 3.8) is 0 Å². The third kappa shape index (κ3) is 5.99. The molecule has 0 atom stereocenters. The van der Waals surface area contributed by atoms with E-state index in [2.05, 4.69) is 5.32 Å². The molecular weight excluding hydrogens is 426 g/mol. The van der Waals surface area contributed by atoms with E-state index >= 15 is 0 Å². The Balaban J connectivity index is 1.79. The summed E-state index contributed by atoms with van der Waals surface area (Å²) in [5, 5.41) is 3.18. The molecule has 5 nitrogen and oxygen atoms in total. The number of carbonyl (C=O) groups is 2. The van der Waals surface area contributed by atoms with E-state index in [1.165, 1.54) is 6.08 Å². The van der Waals surface area contributed by atoms with Crippen LogP contribution >= 0.6 is 11.6 Å². The van der Waals surface area contributed by atoms with E-state index in [0.717, 1.165) is 5.56 Å². The summed E-state index contributed by atoms with van der Waals surface area (Å²) < 4.78 is 11.2. The van der Waals surface area contributed by atoms with Crippen molar-refractivity contribution in [2.24, 2.45) is 0 Å². The van der Waals surface area contributed by atoms with Crippen molar-refractivity contribution in [2.75, 3.05) is 18.5 Å². The summed E-state index contributed by atoms with van der Waals surface area (Å²) in [6.45, 7) is 4.83. The van der Waals surface area contributed by atoms with Crippen LogP contribution in [-0.4, -0.2) is 24.9 Å². The molecular formula is C26H24ClNO4. The summed E-state index contributed by atoms with van der Waals surface area (Å²) in [4.78, 5) is 25.5. The average molecular weight is 450 g/mol. The lowest BCUT2D eigenvalue weighted by molar-refractivity contribution is -0.111. The zero-order chi connectivity index (χ0) is 22.9. The maximum absolute atomic E-state index is 12.9. The van der Waals surface area contributed by atoms with Gasteiger partial charge in [0.15, 0.2) is 17.3 Å². The number of rotatable bonds is 9. The molecule has 0 aliphatic carbocycles. The fraction of sp³-hybridized carbons (Fsp3) is 0.154. The first-order chi connectivity index (χ1) is 15.5. The topological polar surface area (TPSA) is 64.6 Å². The molecule has 0 radical (unpaired) electrons. The second-order valence-corrected chi connectivity index (χ2v) is 7.22. The maximum atomic E-state index is 12.9. The van der Waals surface area contributed by atoms with Crippen LogP contribution in [0.15, 0.2) is 72.8 Å². The van der Waals surface area contributed by atoms with Gasteiger partial charge >= 0.3 is 0 Å². The Morgan fingerprint density at radius 2 is 1.62 bits per heavy atom. The van der Waals surface area contributed by atoms with Gasteiger partial charge in [0.05, 0.1) is 18.9 Å². The van der Waals surface area contributed by atoms with Crippen LogP contribution in [0.2, 0.25) is 5.02 Å². The van der Waals surface area contributed by atoms with Crippen LogP contribution in [0.1, 0.15) is 35.3 Å². The van der Waals surface area contributed by atoms with Gasteiger partial charge in [-0.1, -0.05) is 48.0 Å². The van der Waals surface area contributed by atoms with E-state index in [0.29, 0.717) is 46.5 Å². The number of amides is 1. The number of ketones is 1. The number of carbonyl (C=O) groups excluding carboxylic acids is 2. The van der Waals surface area contributed by atoms with Crippen LogP contribution in [0.5, 0.6) is 11.5 Å². The standard InChI is InChI=1S/C26H24ClNO4/c1-3-31-23-14-10-18(16-24(23)32-4-2)11-15-25(29)28-22-13-12-20(27)17-21(22)26(30)19-8-6-5-7-9-19/h5-17H,3-4H2,1-2H3,(H,28,29)/b15-11+. The second-order valence-electron chi connectivity index (χ2n) is 6.78. The number of benzene rings is 3. The van der Waals surface area contributed by atoms with Gasteiger partial charge in [0.25, 0.3) is 0 Å². The zero-order valence-electron chi connectivity index (χ0n) is 17.9. The first kappa shape index (κ1) is 23.1. The summed E-state index contributed by atoms with van der Waals surface area (Å²) in [6, 6.07) is 19.1. The molecule has 32 heavy (non-hydrogen) atoms. The molecule has 1 amide bonds. The van der Waals surface area contributed by atoms with Crippen molar-refractivity contribution in [1.82, 2.24) is 0 Å². The Labute approximate surface area is 192 Å². The zero-order valence-corrected chi connectivity index (χ0v) is 18.7. The summed E-state index contributed by atoms with van der Waals surface area (Å²) in [6.07, 6.45) is 3.07. The van der Waals surface area contributed by atoms with Crippen molar-refractivity contribution in [1.29, 1.82) is 0 Å². The fourth-order valence-corrected chi connectivity index (χ4v) is 3.25. The molecule has 6 heteroatoms. The molecule has 0 aliphatic heterocycles. The molecule has 0 bridgehead atoms. The molecule has 0 saturated carbocycles. The highest BCUT2D eigenvalue weighted by molar-refractivity contribution is 6.31. The monoisotopic (exact) mass is 449 g/mol. The molecule has 0 fully saturated rings. The van der Waals surface area contributed by atoms with Gasteiger partial charge < -0.3 is 14.8 Å². The van der Waals surface area contributed by atoms with Crippen LogP contribution in [-0.2, 0) is 4.79 Å². The van der Waals surface area contributed by atoms with E-state index in [1.807, 2.05) is 38.1 Å². The summed E-state index contributed by atoms with van der Waals surface area (Å²) in [5.41, 5.74) is 2.01. The molecule has 3 aromatic carbocycles. The number of hydrogen-bond acceptors (Lipinski definition) is 4. The predicted octanol–water partition coefficient (Wildman–Crippen LogP) is 6.02. The van der Waals surface area contributed by atoms with Crippen LogP contribution in [0, 0.1) is 0 Å². The minimum Gasteiger partial charge on any atom is -0.490 e. The first-order valence-electron chi connectivity index (χ1n) is 10.3. The lowest BCUT2D eigenvalue weighted by atomic mass is 10.0. The normalized spacial score (nSPS) is 10.7. The number of anilines is 1. The minimum absolute atomic E-state index is 0.222. The van der Waals surface area contributed by atoms with Gasteiger partial charge in [-0.05, 0) is 55.8 Å².